The molecule has 25 heavy (non-hydrogen) atoms. The van der Waals surface area contributed by atoms with Crippen molar-refractivity contribution in [2.45, 2.75) is 26.8 Å². The summed E-state index contributed by atoms with van der Waals surface area (Å²) in [4.78, 5) is 26.6. The smallest absolute Gasteiger partial charge is 0.254 e. The Morgan fingerprint density at radius 1 is 1.16 bits per heavy atom. The number of aryl methyl sites for hydroxylation is 1. The number of benzene rings is 2. The normalized spacial score (nSPS) is 10.6. The second-order valence-electron chi connectivity index (χ2n) is 6.16. The highest BCUT2D eigenvalue weighted by Crippen LogP contribution is 2.17. The number of halogens is 1. The lowest BCUT2D eigenvalue weighted by atomic mass is 10.1. The van der Waals surface area contributed by atoms with Crippen LogP contribution in [0.5, 0.6) is 0 Å². The topological polar surface area (TPSA) is 75.4 Å². The molecule has 0 atom stereocenters. The Morgan fingerprint density at radius 3 is 2.40 bits per heavy atom. The molecule has 2 aromatic carbocycles. The van der Waals surface area contributed by atoms with E-state index in [2.05, 4.69) is 5.32 Å². The third-order valence-corrected chi connectivity index (χ3v) is 3.82. The van der Waals surface area contributed by atoms with Crippen molar-refractivity contribution in [1.29, 1.82) is 0 Å². The standard InChI is InChI=1S/C19H22FN3O2/c1-12(2)23(19(25)17-10-15(21)7-4-13(17)3)11-18(24)22-16-8-5-14(20)6-9-16/h4-10,12H,11,21H2,1-3H3,(H,22,24). The lowest BCUT2D eigenvalue weighted by Gasteiger charge is -2.27. The van der Waals surface area contributed by atoms with Gasteiger partial charge in [-0.15, -0.1) is 0 Å². The van der Waals surface area contributed by atoms with Crippen molar-refractivity contribution in [1.82, 2.24) is 4.90 Å². The summed E-state index contributed by atoms with van der Waals surface area (Å²) in [5.74, 6) is -0.988. The summed E-state index contributed by atoms with van der Waals surface area (Å²) >= 11 is 0. The van der Waals surface area contributed by atoms with Gasteiger partial charge in [-0.05, 0) is 62.7 Å². The summed E-state index contributed by atoms with van der Waals surface area (Å²) in [7, 11) is 0. The number of amides is 2. The molecule has 132 valence electrons. The zero-order valence-corrected chi connectivity index (χ0v) is 14.5. The molecule has 0 radical (unpaired) electrons. The van der Waals surface area contributed by atoms with E-state index in [0.29, 0.717) is 16.9 Å². The summed E-state index contributed by atoms with van der Waals surface area (Å²) in [6.45, 7) is 5.39. The van der Waals surface area contributed by atoms with E-state index in [1.54, 1.807) is 18.2 Å². The highest BCUT2D eigenvalue weighted by molar-refractivity contribution is 6.00. The van der Waals surface area contributed by atoms with Crippen LogP contribution in [0.2, 0.25) is 0 Å². The molecule has 3 N–H and O–H groups in total. The van der Waals surface area contributed by atoms with E-state index >= 15 is 0 Å². The van der Waals surface area contributed by atoms with E-state index in [1.165, 1.54) is 29.2 Å². The molecule has 0 spiro atoms. The number of hydrogen-bond donors (Lipinski definition) is 2. The molecule has 0 aliphatic rings. The van der Waals surface area contributed by atoms with Crippen molar-refractivity contribution in [3.8, 4) is 0 Å². The van der Waals surface area contributed by atoms with Gasteiger partial charge >= 0.3 is 0 Å². The molecular formula is C19H22FN3O2. The van der Waals surface area contributed by atoms with Crippen LogP contribution in [0.3, 0.4) is 0 Å². The van der Waals surface area contributed by atoms with Crippen LogP contribution < -0.4 is 11.1 Å². The molecule has 5 nitrogen and oxygen atoms in total. The van der Waals surface area contributed by atoms with Crippen LogP contribution in [0.4, 0.5) is 15.8 Å². The first-order valence-electron chi connectivity index (χ1n) is 8.00. The monoisotopic (exact) mass is 343 g/mol. The van der Waals surface area contributed by atoms with Crippen LogP contribution in [-0.2, 0) is 4.79 Å². The first kappa shape index (κ1) is 18.4. The maximum atomic E-state index is 12.9. The highest BCUT2D eigenvalue weighted by atomic mass is 19.1. The summed E-state index contributed by atoms with van der Waals surface area (Å²) in [5, 5.41) is 2.66. The molecule has 6 heteroatoms. The zero-order chi connectivity index (χ0) is 18.6. The molecule has 0 saturated heterocycles. The van der Waals surface area contributed by atoms with Gasteiger partial charge < -0.3 is 16.0 Å². The fraction of sp³-hybridized carbons (Fsp3) is 0.263. The maximum Gasteiger partial charge on any atom is 0.254 e. The van der Waals surface area contributed by atoms with Gasteiger partial charge in [0.25, 0.3) is 5.91 Å². The van der Waals surface area contributed by atoms with Gasteiger partial charge in [0, 0.05) is 23.0 Å². The van der Waals surface area contributed by atoms with Crippen molar-refractivity contribution < 1.29 is 14.0 Å². The van der Waals surface area contributed by atoms with Gasteiger partial charge in [0.1, 0.15) is 12.4 Å². The minimum Gasteiger partial charge on any atom is -0.399 e. The van der Waals surface area contributed by atoms with Crippen LogP contribution in [0.25, 0.3) is 0 Å². The van der Waals surface area contributed by atoms with E-state index in [1.807, 2.05) is 20.8 Å². The number of nitrogens with two attached hydrogens (primary N) is 1. The average Bonchev–Trinajstić information content (AvgIpc) is 2.56. The minimum atomic E-state index is -0.380. The number of anilines is 2. The quantitative estimate of drug-likeness (QED) is 0.819. The van der Waals surface area contributed by atoms with Crippen LogP contribution >= 0.6 is 0 Å². The van der Waals surface area contributed by atoms with E-state index in [0.717, 1.165) is 5.56 Å². The molecule has 2 aromatic rings. The predicted octanol–water partition coefficient (Wildman–Crippen LogP) is 3.21. The van der Waals surface area contributed by atoms with Crippen LogP contribution in [0.15, 0.2) is 42.5 Å². The largest absolute Gasteiger partial charge is 0.399 e. The lowest BCUT2D eigenvalue weighted by molar-refractivity contribution is -0.117. The molecule has 0 aliphatic carbocycles. The minimum absolute atomic E-state index is 0.109. The van der Waals surface area contributed by atoms with Crippen LogP contribution in [0, 0.1) is 12.7 Å². The summed E-state index contributed by atoms with van der Waals surface area (Å²) < 4.78 is 12.9. The Bertz CT molecular complexity index is 773. The zero-order valence-electron chi connectivity index (χ0n) is 14.5. The molecular weight excluding hydrogens is 321 g/mol. The summed E-state index contributed by atoms with van der Waals surface area (Å²) in [6, 6.07) is 10.4. The second kappa shape index (κ2) is 7.79. The van der Waals surface area contributed by atoms with Gasteiger partial charge in [0.05, 0.1) is 0 Å². The molecule has 0 aromatic heterocycles. The molecule has 0 saturated carbocycles. The molecule has 0 aliphatic heterocycles. The van der Waals surface area contributed by atoms with Crippen molar-refractivity contribution >= 4 is 23.2 Å². The number of carbonyl (C=O) groups is 2. The van der Waals surface area contributed by atoms with Crippen molar-refractivity contribution in [3.05, 3.63) is 59.4 Å². The highest BCUT2D eigenvalue weighted by Gasteiger charge is 2.23. The number of nitrogens with one attached hydrogen (secondary N) is 1. The summed E-state index contributed by atoms with van der Waals surface area (Å²) in [5.41, 5.74) is 8.02. The van der Waals surface area contributed by atoms with Gasteiger partial charge in [-0.1, -0.05) is 6.07 Å². The lowest BCUT2D eigenvalue weighted by Crippen LogP contribution is -2.42. The first-order valence-corrected chi connectivity index (χ1v) is 8.00. The Hall–Kier alpha value is -2.89. The first-order chi connectivity index (χ1) is 11.8. The van der Waals surface area contributed by atoms with E-state index < -0.39 is 0 Å². The molecule has 0 fully saturated rings. The van der Waals surface area contributed by atoms with E-state index in [4.69, 9.17) is 5.73 Å². The van der Waals surface area contributed by atoms with Gasteiger partial charge in [-0.2, -0.15) is 0 Å². The molecule has 0 heterocycles. The predicted molar refractivity (Wildman–Crippen MR) is 96.8 cm³/mol. The van der Waals surface area contributed by atoms with Crippen molar-refractivity contribution in [2.24, 2.45) is 0 Å². The SMILES string of the molecule is Cc1ccc(N)cc1C(=O)N(CC(=O)Nc1ccc(F)cc1)C(C)C. The van der Waals surface area contributed by atoms with Crippen LogP contribution in [-0.4, -0.2) is 29.3 Å². The van der Waals surface area contributed by atoms with Crippen molar-refractivity contribution in [3.63, 3.8) is 0 Å². The number of nitrogen functional groups attached to an aromatic ring is 1. The third kappa shape index (κ3) is 4.79. The Kier molecular flexibility index (Phi) is 5.75. The van der Waals surface area contributed by atoms with E-state index in [9.17, 15) is 14.0 Å². The number of rotatable bonds is 5. The molecule has 0 bridgehead atoms. The number of carbonyl (C=O) groups excluding carboxylic acids is 2. The summed E-state index contributed by atoms with van der Waals surface area (Å²) in [6.07, 6.45) is 0. The number of nitrogens with zero attached hydrogens (tertiary/aromatic N) is 1. The maximum absolute atomic E-state index is 12.9. The molecule has 0 unspecified atom stereocenters. The van der Waals surface area contributed by atoms with E-state index in [-0.39, 0.29) is 30.2 Å². The van der Waals surface area contributed by atoms with Gasteiger partial charge in [0.15, 0.2) is 0 Å². The fourth-order valence-corrected chi connectivity index (χ4v) is 2.40. The van der Waals surface area contributed by atoms with Crippen molar-refractivity contribution in [2.75, 3.05) is 17.6 Å². The Morgan fingerprint density at radius 2 is 1.80 bits per heavy atom. The van der Waals surface area contributed by atoms with Gasteiger partial charge in [-0.25, -0.2) is 4.39 Å². The average molecular weight is 343 g/mol. The second-order valence-corrected chi connectivity index (χ2v) is 6.16. The Balaban J connectivity index is 2.14. The third-order valence-electron chi connectivity index (χ3n) is 3.82. The fourth-order valence-electron chi connectivity index (χ4n) is 2.40. The molecule has 2 amide bonds. The van der Waals surface area contributed by atoms with Crippen LogP contribution in [0.1, 0.15) is 29.8 Å². The van der Waals surface area contributed by atoms with Gasteiger partial charge in [0.2, 0.25) is 5.91 Å². The molecule has 2 rings (SSSR count). The Labute approximate surface area is 146 Å². The number of hydrogen-bond acceptors (Lipinski definition) is 3. The van der Waals surface area contributed by atoms with Gasteiger partial charge in [-0.3, -0.25) is 9.59 Å².